The van der Waals surface area contributed by atoms with Gasteiger partial charge in [-0.25, -0.2) is 0 Å². The molecule has 0 aliphatic heterocycles. The van der Waals surface area contributed by atoms with Gasteiger partial charge in [-0.2, -0.15) is 0 Å². The number of hydrogen-bond donors (Lipinski definition) is 1. The lowest BCUT2D eigenvalue weighted by Crippen LogP contribution is -2.18. The molecular formula is C8H11IO. The fraction of sp³-hybridized carbons (Fsp3) is 0.750. The van der Waals surface area contributed by atoms with Crippen molar-refractivity contribution in [3.8, 4) is 9.85 Å². The third kappa shape index (κ3) is 2.47. The zero-order chi connectivity index (χ0) is 7.40. The van der Waals surface area contributed by atoms with Gasteiger partial charge in [0.2, 0.25) is 0 Å². The molecule has 0 bridgehead atoms. The summed E-state index contributed by atoms with van der Waals surface area (Å²) in [5.41, 5.74) is 0. The topological polar surface area (TPSA) is 20.2 Å². The summed E-state index contributed by atoms with van der Waals surface area (Å²) >= 11 is 2.05. The van der Waals surface area contributed by atoms with Crippen LogP contribution in [-0.4, -0.2) is 11.2 Å². The Hall–Kier alpha value is 0.250. The van der Waals surface area contributed by atoms with Crippen molar-refractivity contribution in [2.24, 2.45) is 5.92 Å². The SMILES string of the molecule is OC1CCCC(C#CI)C1. The van der Waals surface area contributed by atoms with Crippen LogP contribution in [0.4, 0.5) is 0 Å². The molecule has 0 aromatic heterocycles. The molecule has 0 aromatic rings. The average molecular weight is 250 g/mol. The first-order valence-corrected chi connectivity index (χ1v) is 4.70. The van der Waals surface area contributed by atoms with Crippen molar-refractivity contribution in [1.82, 2.24) is 0 Å². The first-order valence-electron chi connectivity index (χ1n) is 3.62. The molecule has 1 fully saturated rings. The van der Waals surface area contributed by atoms with E-state index in [2.05, 4.69) is 32.4 Å². The third-order valence-electron chi connectivity index (χ3n) is 1.91. The van der Waals surface area contributed by atoms with Gasteiger partial charge in [0, 0.05) is 28.5 Å². The van der Waals surface area contributed by atoms with Gasteiger partial charge in [0.25, 0.3) is 0 Å². The quantitative estimate of drug-likeness (QED) is 0.514. The molecule has 10 heavy (non-hydrogen) atoms. The van der Waals surface area contributed by atoms with Crippen molar-refractivity contribution < 1.29 is 5.11 Å². The molecule has 0 aromatic carbocycles. The largest absolute Gasteiger partial charge is 0.393 e. The van der Waals surface area contributed by atoms with Gasteiger partial charge in [0.05, 0.1) is 6.10 Å². The molecule has 2 heteroatoms. The molecule has 2 atom stereocenters. The summed E-state index contributed by atoms with van der Waals surface area (Å²) in [4.78, 5) is 0. The van der Waals surface area contributed by atoms with E-state index in [0.29, 0.717) is 5.92 Å². The number of aliphatic hydroxyl groups is 1. The minimum atomic E-state index is -0.0870. The second kappa shape index (κ2) is 4.20. The first kappa shape index (κ1) is 8.35. The van der Waals surface area contributed by atoms with Crippen LogP contribution in [0.2, 0.25) is 0 Å². The highest BCUT2D eigenvalue weighted by Crippen LogP contribution is 2.23. The molecule has 0 radical (unpaired) electrons. The number of aliphatic hydroxyl groups excluding tert-OH is 1. The van der Waals surface area contributed by atoms with Crippen molar-refractivity contribution in [1.29, 1.82) is 0 Å². The third-order valence-corrected chi connectivity index (χ3v) is 2.22. The highest BCUT2D eigenvalue weighted by atomic mass is 127. The number of halogens is 1. The maximum Gasteiger partial charge on any atom is 0.0552 e. The van der Waals surface area contributed by atoms with Gasteiger partial charge < -0.3 is 5.11 Å². The summed E-state index contributed by atoms with van der Waals surface area (Å²) in [6, 6.07) is 0. The van der Waals surface area contributed by atoms with Crippen LogP contribution >= 0.6 is 22.6 Å². The van der Waals surface area contributed by atoms with E-state index in [9.17, 15) is 5.11 Å². The molecule has 1 rings (SSSR count). The van der Waals surface area contributed by atoms with E-state index in [0.717, 1.165) is 19.3 Å². The Morgan fingerprint density at radius 1 is 1.40 bits per heavy atom. The minimum absolute atomic E-state index is 0.0870. The smallest absolute Gasteiger partial charge is 0.0552 e. The van der Waals surface area contributed by atoms with Gasteiger partial charge in [-0.15, -0.1) is 0 Å². The van der Waals surface area contributed by atoms with Gasteiger partial charge in [-0.3, -0.25) is 0 Å². The van der Waals surface area contributed by atoms with E-state index >= 15 is 0 Å². The monoisotopic (exact) mass is 250 g/mol. The van der Waals surface area contributed by atoms with E-state index in [1.54, 1.807) is 0 Å². The standard InChI is InChI=1S/C8H11IO/c9-5-4-7-2-1-3-8(10)6-7/h7-8,10H,1-3,6H2. The lowest BCUT2D eigenvalue weighted by molar-refractivity contribution is 0.115. The average Bonchev–Trinajstić information content (AvgIpc) is 1.88. The Morgan fingerprint density at radius 2 is 2.20 bits per heavy atom. The molecule has 1 aliphatic carbocycles. The maximum atomic E-state index is 9.24. The maximum absolute atomic E-state index is 9.24. The number of hydrogen-bond acceptors (Lipinski definition) is 1. The van der Waals surface area contributed by atoms with Crippen LogP contribution in [0.3, 0.4) is 0 Å². The van der Waals surface area contributed by atoms with E-state index < -0.39 is 0 Å². The normalized spacial score (nSPS) is 32.6. The van der Waals surface area contributed by atoms with Crippen molar-refractivity contribution in [3.63, 3.8) is 0 Å². The Bertz CT molecular complexity index is 156. The van der Waals surface area contributed by atoms with Crippen molar-refractivity contribution in [3.05, 3.63) is 0 Å². The Balaban J connectivity index is 2.37. The summed E-state index contributed by atoms with van der Waals surface area (Å²) in [7, 11) is 0. The Kier molecular flexibility index (Phi) is 3.50. The molecule has 1 aliphatic rings. The van der Waals surface area contributed by atoms with Crippen LogP contribution in [0.1, 0.15) is 25.7 Å². The second-order valence-corrected chi connectivity index (χ2v) is 3.30. The minimum Gasteiger partial charge on any atom is -0.393 e. The predicted octanol–water partition coefficient (Wildman–Crippen LogP) is 1.93. The van der Waals surface area contributed by atoms with E-state index in [4.69, 9.17) is 0 Å². The fourth-order valence-corrected chi connectivity index (χ4v) is 1.81. The van der Waals surface area contributed by atoms with Crippen LogP contribution in [0.25, 0.3) is 0 Å². The fourth-order valence-electron chi connectivity index (χ4n) is 1.37. The highest BCUT2D eigenvalue weighted by Gasteiger charge is 2.17. The van der Waals surface area contributed by atoms with Gasteiger partial charge in [-0.05, 0) is 29.6 Å². The molecule has 0 saturated heterocycles. The second-order valence-electron chi connectivity index (χ2n) is 2.76. The summed E-state index contributed by atoms with van der Waals surface area (Å²) in [6.07, 6.45) is 4.08. The molecule has 1 saturated carbocycles. The predicted molar refractivity (Wildman–Crippen MR) is 49.8 cm³/mol. The van der Waals surface area contributed by atoms with Crippen LogP contribution in [0, 0.1) is 15.8 Å². The van der Waals surface area contributed by atoms with Crippen LogP contribution < -0.4 is 0 Å². The van der Waals surface area contributed by atoms with E-state index in [1.165, 1.54) is 6.42 Å². The summed E-state index contributed by atoms with van der Waals surface area (Å²) in [6.45, 7) is 0. The van der Waals surface area contributed by atoms with Gasteiger partial charge in [0.15, 0.2) is 0 Å². The molecule has 2 unspecified atom stereocenters. The molecule has 1 nitrogen and oxygen atoms in total. The molecule has 0 amide bonds. The summed E-state index contributed by atoms with van der Waals surface area (Å²) in [5, 5.41) is 9.24. The lowest BCUT2D eigenvalue weighted by atomic mass is 9.88. The Labute approximate surface area is 75.3 Å². The van der Waals surface area contributed by atoms with E-state index in [1.807, 2.05) is 0 Å². The van der Waals surface area contributed by atoms with Crippen LogP contribution in [0.15, 0.2) is 0 Å². The zero-order valence-electron chi connectivity index (χ0n) is 5.81. The van der Waals surface area contributed by atoms with Crippen molar-refractivity contribution in [2.75, 3.05) is 0 Å². The van der Waals surface area contributed by atoms with E-state index in [-0.39, 0.29) is 6.10 Å². The molecule has 0 heterocycles. The molecule has 0 spiro atoms. The van der Waals surface area contributed by atoms with Crippen LogP contribution in [-0.2, 0) is 0 Å². The molecular weight excluding hydrogens is 239 g/mol. The Morgan fingerprint density at radius 3 is 2.80 bits per heavy atom. The van der Waals surface area contributed by atoms with Gasteiger partial charge in [0.1, 0.15) is 0 Å². The number of rotatable bonds is 0. The van der Waals surface area contributed by atoms with Crippen molar-refractivity contribution in [2.45, 2.75) is 31.8 Å². The van der Waals surface area contributed by atoms with Crippen LogP contribution in [0.5, 0.6) is 0 Å². The summed E-state index contributed by atoms with van der Waals surface area (Å²) < 4.78 is 2.87. The summed E-state index contributed by atoms with van der Waals surface area (Å²) in [5.74, 6) is 3.55. The zero-order valence-corrected chi connectivity index (χ0v) is 7.97. The van der Waals surface area contributed by atoms with Gasteiger partial charge >= 0.3 is 0 Å². The lowest BCUT2D eigenvalue weighted by Gasteiger charge is -2.21. The molecule has 56 valence electrons. The first-order chi connectivity index (χ1) is 4.83. The van der Waals surface area contributed by atoms with Crippen molar-refractivity contribution >= 4 is 22.6 Å². The molecule has 1 N–H and O–H groups in total. The van der Waals surface area contributed by atoms with Gasteiger partial charge in [-0.1, -0.05) is 5.92 Å². The highest BCUT2D eigenvalue weighted by molar-refractivity contribution is 14.1.